The first-order valence-corrected chi connectivity index (χ1v) is 5.74. The maximum atomic E-state index is 12.0. The van der Waals surface area contributed by atoms with E-state index in [2.05, 4.69) is 10.3 Å². The zero-order chi connectivity index (χ0) is 13.8. The summed E-state index contributed by atoms with van der Waals surface area (Å²) in [6.07, 6.45) is 0.657. The SMILES string of the molecule is COc1ccc(C)cc1NC(=O)c1ccc(C=O)[nH]1. The molecule has 0 saturated heterocycles. The number of benzene rings is 1. The number of ether oxygens (including phenoxy) is 1. The summed E-state index contributed by atoms with van der Waals surface area (Å²) >= 11 is 0. The van der Waals surface area contributed by atoms with Crippen molar-refractivity contribution in [3.05, 3.63) is 47.3 Å². The van der Waals surface area contributed by atoms with Gasteiger partial charge in [-0.1, -0.05) is 6.07 Å². The van der Waals surface area contributed by atoms with E-state index in [1.807, 2.05) is 19.1 Å². The third-order valence-electron chi connectivity index (χ3n) is 2.68. The third kappa shape index (κ3) is 2.82. The van der Waals surface area contributed by atoms with Crippen LogP contribution in [0.4, 0.5) is 5.69 Å². The van der Waals surface area contributed by atoms with E-state index in [0.29, 0.717) is 29.1 Å². The van der Waals surface area contributed by atoms with Gasteiger partial charge in [0.05, 0.1) is 18.5 Å². The Balaban J connectivity index is 2.23. The van der Waals surface area contributed by atoms with E-state index in [1.54, 1.807) is 25.3 Å². The Labute approximate surface area is 110 Å². The van der Waals surface area contributed by atoms with E-state index in [0.717, 1.165) is 5.56 Å². The summed E-state index contributed by atoms with van der Waals surface area (Å²) in [7, 11) is 1.54. The van der Waals surface area contributed by atoms with Crippen molar-refractivity contribution >= 4 is 17.9 Å². The van der Waals surface area contributed by atoms with E-state index in [4.69, 9.17) is 4.74 Å². The topological polar surface area (TPSA) is 71.2 Å². The van der Waals surface area contributed by atoms with Crippen LogP contribution in [0.2, 0.25) is 0 Å². The molecule has 0 radical (unpaired) electrons. The standard InChI is InChI=1S/C14H14N2O3/c1-9-3-6-13(19-2)12(7-9)16-14(18)11-5-4-10(8-17)15-11/h3-8,15H,1-2H3,(H,16,18). The van der Waals surface area contributed by atoms with Gasteiger partial charge < -0.3 is 15.0 Å². The van der Waals surface area contributed by atoms with E-state index < -0.39 is 0 Å². The van der Waals surface area contributed by atoms with Crippen LogP contribution in [0.5, 0.6) is 5.75 Å². The monoisotopic (exact) mass is 258 g/mol. The van der Waals surface area contributed by atoms with Gasteiger partial charge in [0, 0.05) is 0 Å². The Hall–Kier alpha value is -2.56. The van der Waals surface area contributed by atoms with Gasteiger partial charge in [-0.05, 0) is 36.8 Å². The van der Waals surface area contributed by atoms with Crippen LogP contribution in [0, 0.1) is 6.92 Å². The van der Waals surface area contributed by atoms with Crippen molar-refractivity contribution in [3.63, 3.8) is 0 Å². The first kappa shape index (κ1) is 12.9. The predicted molar refractivity (Wildman–Crippen MR) is 71.9 cm³/mol. The molecule has 0 saturated carbocycles. The van der Waals surface area contributed by atoms with Crippen molar-refractivity contribution in [3.8, 4) is 5.75 Å². The maximum Gasteiger partial charge on any atom is 0.272 e. The lowest BCUT2D eigenvalue weighted by Gasteiger charge is -2.10. The van der Waals surface area contributed by atoms with Gasteiger partial charge in [-0.3, -0.25) is 9.59 Å². The van der Waals surface area contributed by atoms with Gasteiger partial charge >= 0.3 is 0 Å². The van der Waals surface area contributed by atoms with Crippen molar-refractivity contribution in [2.75, 3.05) is 12.4 Å². The molecule has 19 heavy (non-hydrogen) atoms. The number of nitrogens with one attached hydrogen (secondary N) is 2. The summed E-state index contributed by atoms with van der Waals surface area (Å²) in [6.45, 7) is 1.92. The number of rotatable bonds is 4. The molecule has 1 heterocycles. The number of hydrogen-bond donors (Lipinski definition) is 2. The molecule has 0 aliphatic rings. The molecule has 0 aliphatic carbocycles. The Morgan fingerprint density at radius 2 is 2.11 bits per heavy atom. The largest absolute Gasteiger partial charge is 0.495 e. The third-order valence-corrected chi connectivity index (χ3v) is 2.68. The van der Waals surface area contributed by atoms with Crippen LogP contribution in [0.15, 0.2) is 30.3 Å². The predicted octanol–water partition coefficient (Wildman–Crippen LogP) is 2.40. The Morgan fingerprint density at radius 1 is 1.32 bits per heavy atom. The number of H-pyrrole nitrogens is 1. The van der Waals surface area contributed by atoms with Crippen molar-refractivity contribution in [2.45, 2.75) is 6.92 Å². The maximum absolute atomic E-state index is 12.0. The number of carbonyl (C=O) groups excluding carboxylic acids is 2. The zero-order valence-electron chi connectivity index (χ0n) is 10.7. The second-order valence-corrected chi connectivity index (χ2v) is 4.10. The second-order valence-electron chi connectivity index (χ2n) is 4.10. The highest BCUT2D eigenvalue weighted by Gasteiger charge is 2.11. The number of aldehydes is 1. The minimum atomic E-state index is -0.322. The van der Waals surface area contributed by atoms with Crippen molar-refractivity contribution in [2.24, 2.45) is 0 Å². The molecule has 1 amide bonds. The molecule has 5 heteroatoms. The number of anilines is 1. The van der Waals surface area contributed by atoms with Crippen LogP contribution in [0.1, 0.15) is 26.5 Å². The van der Waals surface area contributed by atoms with E-state index in [9.17, 15) is 9.59 Å². The summed E-state index contributed by atoms with van der Waals surface area (Å²) in [5.41, 5.74) is 2.29. The molecule has 0 spiro atoms. The van der Waals surface area contributed by atoms with Crippen molar-refractivity contribution in [1.82, 2.24) is 4.98 Å². The molecular weight excluding hydrogens is 244 g/mol. The molecule has 0 atom stereocenters. The number of aromatic nitrogens is 1. The first-order valence-electron chi connectivity index (χ1n) is 5.74. The quantitative estimate of drug-likeness (QED) is 0.827. The van der Waals surface area contributed by atoms with Gasteiger partial charge in [-0.2, -0.15) is 0 Å². The lowest BCUT2D eigenvalue weighted by Crippen LogP contribution is -2.13. The molecule has 2 N–H and O–H groups in total. The molecule has 98 valence electrons. The smallest absolute Gasteiger partial charge is 0.272 e. The Bertz CT molecular complexity index is 617. The molecule has 1 aromatic heterocycles. The molecule has 5 nitrogen and oxygen atoms in total. The number of carbonyl (C=O) groups is 2. The van der Waals surface area contributed by atoms with Crippen molar-refractivity contribution in [1.29, 1.82) is 0 Å². The summed E-state index contributed by atoms with van der Waals surface area (Å²) in [5.74, 6) is 0.262. The number of aryl methyl sites for hydroxylation is 1. The molecule has 0 aliphatic heterocycles. The fourth-order valence-electron chi connectivity index (χ4n) is 1.72. The molecule has 0 bridgehead atoms. The van der Waals surface area contributed by atoms with Crippen molar-refractivity contribution < 1.29 is 14.3 Å². The van der Waals surface area contributed by atoms with Crippen LogP contribution in [-0.4, -0.2) is 24.3 Å². The summed E-state index contributed by atoms with van der Waals surface area (Å²) in [6, 6.07) is 8.61. The Morgan fingerprint density at radius 3 is 2.74 bits per heavy atom. The number of methoxy groups -OCH3 is 1. The van der Waals surface area contributed by atoms with Crippen LogP contribution in [-0.2, 0) is 0 Å². The minimum absolute atomic E-state index is 0.322. The zero-order valence-corrected chi connectivity index (χ0v) is 10.7. The summed E-state index contributed by atoms with van der Waals surface area (Å²) in [5, 5.41) is 2.74. The summed E-state index contributed by atoms with van der Waals surface area (Å²) < 4.78 is 5.18. The average molecular weight is 258 g/mol. The first-order chi connectivity index (χ1) is 9.13. The Kier molecular flexibility index (Phi) is 3.66. The van der Waals surface area contributed by atoms with Crippen LogP contribution in [0.25, 0.3) is 0 Å². The fraction of sp³-hybridized carbons (Fsp3) is 0.143. The van der Waals surface area contributed by atoms with E-state index >= 15 is 0 Å². The van der Waals surface area contributed by atoms with E-state index in [-0.39, 0.29) is 5.91 Å². The normalized spacial score (nSPS) is 10.0. The highest BCUT2D eigenvalue weighted by atomic mass is 16.5. The lowest BCUT2D eigenvalue weighted by molar-refractivity contribution is 0.102. The average Bonchev–Trinajstić information content (AvgIpc) is 2.88. The number of hydrogen-bond acceptors (Lipinski definition) is 3. The highest BCUT2D eigenvalue weighted by Crippen LogP contribution is 2.25. The molecule has 2 aromatic rings. The van der Waals surface area contributed by atoms with Gasteiger partial charge in [0.2, 0.25) is 0 Å². The van der Waals surface area contributed by atoms with Gasteiger partial charge in [0.25, 0.3) is 5.91 Å². The van der Waals surface area contributed by atoms with Crippen LogP contribution >= 0.6 is 0 Å². The van der Waals surface area contributed by atoms with E-state index in [1.165, 1.54) is 0 Å². The minimum Gasteiger partial charge on any atom is -0.495 e. The van der Waals surface area contributed by atoms with Crippen LogP contribution < -0.4 is 10.1 Å². The molecule has 0 unspecified atom stereocenters. The van der Waals surface area contributed by atoms with Gasteiger partial charge in [-0.15, -0.1) is 0 Å². The molecular formula is C14H14N2O3. The fourth-order valence-corrected chi connectivity index (χ4v) is 1.72. The van der Waals surface area contributed by atoms with Crippen LogP contribution in [0.3, 0.4) is 0 Å². The summed E-state index contributed by atoms with van der Waals surface area (Å²) in [4.78, 5) is 25.3. The second kappa shape index (κ2) is 5.39. The van der Waals surface area contributed by atoms with Gasteiger partial charge in [0.1, 0.15) is 11.4 Å². The molecule has 2 rings (SSSR count). The number of amides is 1. The molecule has 0 fully saturated rings. The molecule has 1 aromatic carbocycles. The lowest BCUT2D eigenvalue weighted by atomic mass is 10.2. The van der Waals surface area contributed by atoms with Gasteiger partial charge in [0.15, 0.2) is 6.29 Å². The van der Waals surface area contributed by atoms with Gasteiger partial charge in [-0.25, -0.2) is 0 Å². The number of aromatic amines is 1. The highest BCUT2D eigenvalue weighted by molar-refractivity contribution is 6.04.